The maximum absolute atomic E-state index is 5.85. The van der Waals surface area contributed by atoms with Crippen molar-refractivity contribution in [3.05, 3.63) is 47.8 Å². The number of ether oxygens (including phenoxy) is 1. The summed E-state index contributed by atoms with van der Waals surface area (Å²) >= 11 is 0. The lowest BCUT2D eigenvalue weighted by atomic mass is 10.1. The zero-order chi connectivity index (χ0) is 18.8. The zero-order valence-corrected chi connectivity index (χ0v) is 15.0. The Labute approximate surface area is 155 Å². The van der Waals surface area contributed by atoms with Crippen LogP contribution in [0.15, 0.2) is 41.3 Å². The highest BCUT2D eigenvalue weighted by molar-refractivity contribution is 5.90. The molecule has 3 heterocycles. The first-order valence-electron chi connectivity index (χ1n) is 8.46. The molecule has 4 rings (SSSR count). The maximum atomic E-state index is 5.85. The van der Waals surface area contributed by atoms with E-state index in [9.17, 15) is 0 Å². The van der Waals surface area contributed by atoms with E-state index in [-0.39, 0.29) is 5.82 Å². The average Bonchev–Trinajstić information content (AvgIpc) is 3.29. The molecule has 3 aromatic heterocycles. The van der Waals surface area contributed by atoms with Crippen molar-refractivity contribution in [2.45, 2.75) is 13.5 Å². The Balaban J connectivity index is 1.80. The Morgan fingerprint density at radius 2 is 1.96 bits per heavy atom. The first-order valence-corrected chi connectivity index (χ1v) is 8.46. The summed E-state index contributed by atoms with van der Waals surface area (Å²) in [7, 11) is 1.65. The second-order valence-corrected chi connectivity index (χ2v) is 5.88. The molecule has 0 atom stereocenters. The smallest absolute Gasteiger partial charge is 0.199 e. The fourth-order valence-electron chi connectivity index (χ4n) is 2.98. The Morgan fingerprint density at radius 3 is 2.63 bits per heavy atom. The topological polar surface area (TPSA) is 105 Å². The molecule has 0 saturated heterocycles. The number of nitrogens with two attached hydrogens (primary N) is 1. The van der Waals surface area contributed by atoms with Gasteiger partial charge in [-0.1, -0.05) is 24.3 Å². The van der Waals surface area contributed by atoms with Crippen molar-refractivity contribution in [2.75, 3.05) is 12.8 Å². The highest BCUT2D eigenvalue weighted by Crippen LogP contribution is 2.28. The van der Waals surface area contributed by atoms with E-state index >= 15 is 0 Å². The van der Waals surface area contributed by atoms with E-state index in [1.165, 1.54) is 0 Å². The molecule has 27 heavy (non-hydrogen) atoms. The van der Waals surface area contributed by atoms with Crippen molar-refractivity contribution in [1.82, 2.24) is 24.8 Å². The number of aromatic nitrogens is 5. The molecule has 0 bridgehead atoms. The number of methoxy groups -OCH3 is 1. The van der Waals surface area contributed by atoms with Crippen LogP contribution in [0, 0.1) is 0 Å². The number of nitrogens with zero attached hydrogens (tertiary/aromatic N) is 5. The minimum atomic E-state index is 0.211. The molecule has 0 spiro atoms. The summed E-state index contributed by atoms with van der Waals surface area (Å²) in [5.41, 5.74) is 9.99. The lowest BCUT2D eigenvalue weighted by Crippen LogP contribution is -2.00. The third kappa shape index (κ3) is 3.01. The maximum Gasteiger partial charge on any atom is 0.199 e. The molecule has 0 saturated carbocycles. The molecule has 1 aromatic carbocycles. The first kappa shape index (κ1) is 16.8. The van der Waals surface area contributed by atoms with Gasteiger partial charge in [-0.15, -0.1) is 0 Å². The number of pyridine rings is 1. The molecule has 0 radical (unpaired) electrons. The van der Waals surface area contributed by atoms with Crippen molar-refractivity contribution in [2.24, 2.45) is 0 Å². The van der Waals surface area contributed by atoms with Gasteiger partial charge in [-0.25, -0.2) is 9.61 Å². The number of nitrogen functional groups attached to an aromatic ring is 1. The number of rotatable bonds is 5. The van der Waals surface area contributed by atoms with Gasteiger partial charge in [0.1, 0.15) is 11.3 Å². The summed E-state index contributed by atoms with van der Waals surface area (Å²) < 4.78 is 12.0. The molecule has 0 aliphatic rings. The van der Waals surface area contributed by atoms with E-state index in [1.54, 1.807) is 13.3 Å². The number of fused-ring (bicyclic) bond motifs is 1. The van der Waals surface area contributed by atoms with Crippen LogP contribution in [0.5, 0.6) is 5.75 Å². The van der Waals surface area contributed by atoms with E-state index in [1.807, 2.05) is 54.1 Å². The normalized spacial score (nSPS) is 11.5. The van der Waals surface area contributed by atoms with Crippen LogP contribution in [0.25, 0.3) is 34.7 Å². The first-order chi connectivity index (χ1) is 13.2. The van der Waals surface area contributed by atoms with Gasteiger partial charge in [-0.2, -0.15) is 0 Å². The largest absolute Gasteiger partial charge is 0.497 e. The van der Waals surface area contributed by atoms with E-state index in [0.29, 0.717) is 18.1 Å². The number of imidazole rings is 1. The minimum Gasteiger partial charge on any atom is -0.497 e. The second-order valence-electron chi connectivity index (χ2n) is 5.88. The molecule has 0 aliphatic heterocycles. The van der Waals surface area contributed by atoms with Gasteiger partial charge in [0.2, 0.25) is 0 Å². The predicted molar refractivity (Wildman–Crippen MR) is 103 cm³/mol. The lowest BCUT2D eigenvalue weighted by Gasteiger charge is -2.06. The molecule has 0 fully saturated rings. The summed E-state index contributed by atoms with van der Waals surface area (Å²) in [5, 5.41) is 7.53. The summed E-state index contributed by atoms with van der Waals surface area (Å²) in [6, 6.07) is 7.83. The SMILES string of the molecule is CCn1c(-c2nonc2N)nc2cncc(C=Cc3ccc(OC)cc3)c21. The molecule has 2 N–H and O–H groups in total. The van der Waals surface area contributed by atoms with Crippen LogP contribution in [0.3, 0.4) is 0 Å². The third-order valence-electron chi connectivity index (χ3n) is 4.29. The Morgan fingerprint density at radius 1 is 1.15 bits per heavy atom. The standard InChI is InChI=1S/C19H18N6O2/c1-3-25-17-13(7-4-12-5-8-14(26-2)9-6-12)10-21-11-15(17)22-19(25)16-18(20)24-27-23-16/h4-11H,3H2,1-2H3,(H2,20,24). The highest BCUT2D eigenvalue weighted by atomic mass is 16.6. The molecule has 4 aromatic rings. The molecule has 0 unspecified atom stereocenters. The summed E-state index contributed by atoms with van der Waals surface area (Å²) in [6.45, 7) is 2.72. The zero-order valence-electron chi connectivity index (χ0n) is 15.0. The average molecular weight is 362 g/mol. The quantitative estimate of drug-likeness (QED) is 0.581. The molecular formula is C19H18N6O2. The summed E-state index contributed by atoms with van der Waals surface area (Å²) in [5.74, 6) is 1.64. The van der Waals surface area contributed by atoms with Gasteiger partial charge in [0, 0.05) is 18.3 Å². The lowest BCUT2D eigenvalue weighted by molar-refractivity contribution is 0.310. The van der Waals surface area contributed by atoms with Crippen LogP contribution in [-0.4, -0.2) is 32.0 Å². The van der Waals surface area contributed by atoms with Crippen LogP contribution in [0.4, 0.5) is 5.82 Å². The molecule has 136 valence electrons. The Kier molecular flexibility index (Phi) is 4.29. The van der Waals surface area contributed by atoms with Crippen molar-refractivity contribution >= 4 is 29.0 Å². The van der Waals surface area contributed by atoms with Crippen LogP contribution >= 0.6 is 0 Å². The second kappa shape index (κ2) is 6.91. The van der Waals surface area contributed by atoms with Crippen molar-refractivity contribution < 1.29 is 9.37 Å². The molecule has 8 heteroatoms. The predicted octanol–water partition coefficient (Wildman–Crippen LogP) is 3.26. The molecular weight excluding hydrogens is 344 g/mol. The monoisotopic (exact) mass is 362 g/mol. The fraction of sp³-hybridized carbons (Fsp3) is 0.158. The van der Waals surface area contributed by atoms with Crippen LogP contribution < -0.4 is 10.5 Å². The number of aryl methyl sites for hydroxylation is 1. The number of anilines is 1. The van der Waals surface area contributed by atoms with Crippen molar-refractivity contribution in [1.29, 1.82) is 0 Å². The number of hydrogen-bond donors (Lipinski definition) is 1. The van der Waals surface area contributed by atoms with Crippen molar-refractivity contribution in [3.63, 3.8) is 0 Å². The van der Waals surface area contributed by atoms with Crippen LogP contribution in [0.2, 0.25) is 0 Å². The Hall–Kier alpha value is -3.68. The summed E-state index contributed by atoms with van der Waals surface area (Å²) in [4.78, 5) is 8.94. The van der Waals surface area contributed by atoms with Gasteiger partial charge in [0.15, 0.2) is 17.3 Å². The fourth-order valence-corrected chi connectivity index (χ4v) is 2.98. The van der Waals surface area contributed by atoms with Crippen molar-refractivity contribution in [3.8, 4) is 17.3 Å². The van der Waals surface area contributed by atoms with Crippen LogP contribution in [0.1, 0.15) is 18.1 Å². The van der Waals surface area contributed by atoms with Gasteiger partial charge in [-0.3, -0.25) is 4.98 Å². The minimum absolute atomic E-state index is 0.211. The van der Waals surface area contributed by atoms with Gasteiger partial charge < -0.3 is 15.0 Å². The Bertz CT molecular complexity index is 1110. The van der Waals surface area contributed by atoms with Gasteiger partial charge in [0.05, 0.1) is 18.8 Å². The molecule has 0 aliphatic carbocycles. The van der Waals surface area contributed by atoms with Gasteiger partial charge in [-0.05, 0) is 34.9 Å². The highest BCUT2D eigenvalue weighted by Gasteiger charge is 2.19. The molecule has 0 amide bonds. The van der Waals surface area contributed by atoms with Gasteiger partial charge >= 0.3 is 0 Å². The van der Waals surface area contributed by atoms with E-state index in [0.717, 1.165) is 27.9 Å². The number of benzene rings is 1. The van der Waals surface area contributed by atoms with E-state index in [4.69, 9.17) is 15.1 Å². The molecule has 8 nitrogen and oxygen atoms in total. The third-order valence-corrected chi connectivity index (χ3v) is 4.29. The summed E-state index contributed by atoms with van der Waals surface area (Å²) in [6.07, 6.45) is 7.57. The number of hydrogen-bond acceptors (Lipinski definition) is 7. The van der Waals surface area contributed by atoms with E-state index < -0.39 is 0 Å². The van der Waals surface area contributed by atoms with Crippen LogP contribution in [-0.2, 0) is 6.54 Å². The van der Waals surface area contributed by atoms with Gasteiger partial charge in [0.25, 0.3) is 0 Å². The van der Waals surface area contributed by atoms with E-state index in [2.05, 4.69) is 20.3 Å².